The molecule has 0 amide bonds. The minimum atomic E-state index is -0.393. The fourth-order valence-electron chi connectivity index (χ4n) is 4.17. The molecule has 4 nitrogen and oxygen atoms in total. The van der Waals surface area contributed by atoms with E-state index in [1.54, 1.807) is 19.1 Å². The average molecular weight is 446 g/mol. The first-order valence-corrected chi connectivity index (χ1v) is 11.3. The van der Waals surface area contributed by atoms with E-state index in [1.807, 2.05) is 31.2 Å². The Balaban J connectivity index is 1.70. The number of aromatic nitrogens is 1. The molecule has 170 valence electrons. The van der Waals surface area contributed by atoms with Gasteiger partial charge in [-0.25, -0.2) is 14.2 Å². The van der Waals surface area contributed by atoms with Crippen LogP contribution >= 0.6 is 0 Å². The van der Waals surface area contributed by atoms with Crippen LogP contribution in [0, 0.1) is 19.7 Å². The first kappa shape index (κ1) is 22.7. The number of carbonyl (C=O) groups is 1. The number of nitrogens with zero attached hydrogens (tertiary/aromatic N) is 1. The number of carbonyl (C=O) groups excluding carboxylic acids is 1. The normalized spacial score (nSPS) is 13.3. The van der Waals surface area contributed by atoms with Gasteiger partial charge < -0.3 is 9.47 Å². The van der Waals surface area contributed by atoms with Crippen molar-refractivity contribution in [3.05, 3.63) is 94.1 Å². The molecule has 1 aromatic heterocycles. The van der Waals surface area contributed by atoms with E-state index in [4.69, 9.17) is 14.5 Å². The van der Waals surface area contributed by atoms with Gasteiger partial charge in [-0.3, -0.25) is 0 Å². The molecule has 2 aromatic carbocycles. The van der Waals surface area contributed by atoms with Crippen molar-refractivity contribution in [2.24, 2.45) is 0 Å². The number of allylic oxidation sites excluding steroid dienone is 2. The van der Waals surface area contributed by atoms with Crippen LogP contribution in [0.15, 0.2) is 54.6 Å². The van der Waals surface area contributed by atoms with E-state index in [9.17, 15) is 9.18 Å². The molecule has 0 fully saturated rings. The van der Waals surface area contributed by atoms with Gasteiger partial charge in [0, 0.05) is 5.56 Å². The summed E-state index contributed by atoms with van der Waals surface area (Å²) >= 11 is 0. The molecule has 0 saturated heterocycles. The van der Waals surface area contributed by atoms with E-state index in [2.05, 4.69) is 13.0 Å². The fraction of sp³-hybridized carbons (Fsp3) is 0.286. The van der Waals surface area contributed by atoms with Crippen molar-refractivity contribution in [1.29, 1.82) is 0 Å². The number of esters is 1. The molecule has 0 unspecified atom stereocenters. The van der Waals surface area contributed by atoms with Crippen molar-refractivity contribution in [2.45, 2.75) is 46.6 Å². The minimum absolute atomic E-state index is 0.261. The lowest BCUT2D eigenvalue weighted by Crippen LogP contribution is -2.10. The Bertz CT molecular complexity index is 1200. The van der Waals surface area contributed by atoms with Crippen LogP contribution in [0.3, 0.4) is 0 Å². The third-order valence-electron chi connectivity index (χ3n) is 5.86. The Labute approximate surface area is 194 Å². The van der Waals surface area contributed by atoms with E-state index >= 15 is 0 Å². The third kappa shape index (κ3) is 5.14. The highest BCUT2D eigenvalue weighted by atomic mass is 19.1. The van der Waals surface area contributed by atoms with E-state index < -0.39 is 5.97 Å². The summed E-state index contributed by atoms with van der Waals surface area (Å²) in [5, 5.41) is 0. The van der Waals surface area contributed by atoms with Gasteiger partial charge >= 0.3 is 5.97 Å². The molecule has 0 radical (unpaired) electrons. The van der Waals surface area contributed by atoms with Gasteiger partial charge in [-0.1, -0.05) is 29.8 Å². The number of hydrogen-bond acceptors (Lipinski definition) is 4. The lowest BCUT2D eigenvalue weighted by atomic mass is 9.97. The second kappa shape index (κ2) is 9.99. The Morgan fingerprint density at radius 1 is 1.00 bits per heavy atom. The summed E-state index contributed by atoms with van der Waals surface area (Å²) in [6.07, 6.45) is 2.81. The highest BCUT2D eigenvalue weighted by Crippen LogP contribution is 2.43. The van der Waals surface area contributed by atoms with Crippen LogP contribution in [0.5, 0.6) is 5.75 Å². The fourth-order valence-corrected chi connectivity index (χ4v) is 4.17. The second-order valence-electron chi connectivity index (χ2n) is 8.31. The van der Waals surface area contributed by atoms with Gasteiger partial charge in [-0.05, 0) is 92.6 Å². The Kier molecular flexibility index (Phi) is 6.87. The summed E-state index contributed by atoms with van der Waals surface area (Å²) < 4.78 is 24.6. The van der Waals surface area contributed by atoms with Crippen LogP contribution < -0.4 is 4.74 Å². The average Bonchev–Trinajstić information content (AvgIpc) is 3.29. The number of pyridine rings is 1. The summed E-state index contributed by atoms with van der Waals surface area (Å²) in [6, 6.07) is 16.4. The summed E-state index contributed by atoms with van der Waals surface area (Å²) in [5.74, 6) is 0.135. The zero-order valence-corrected chi connectivity index (χ0v) is 19.3. The highest BCUT2D eigenvalue weighted by Gasteiger charge is 2.23. The quantitative estimate of drug-likeness (QED) is 0.380. The molecule has 0 N–H and O–H groups in total. The Hall–Kier alpha value is -3.47. The Morgan fingerprint density at radius 2 is 1.76 bits per heavy atom. The van der Waals surface area contributed by atoms with Gasteiger partial charge in [0.2, 0.25) is 0 Å². The molecular formula is C28H28FNO3. The van der Waals surface area contributed by atoms with E-state index in [0.717, 1.165) is 58.5 Å². The first-order chi connectivity index (χ1) is 16.0. The summed E-state index contributed by atoms with van der Waals surface area (Å²) in [5.41, 5.74) is 7.40. The van der Waals surface area contributed by atoms with E-state index in [0.29, 0.717) is 18.9 Å². The molecule has 0 saturated carbocycles. The van der Waals surface area contributed by atoms with Gasteiger partial charge in [0.05, 0.1) is 12.3 Å². The smallest absolute Gasteiger partial charge is 0.357 e. The zero-order valence-electron chi connectivity index (χ0n) is 19.3. The van der Waals surface area contributed by atoms with E-state index in [-0.39, 0.29) is 5.82 Å². The highest BCUT2D eigenvalue weighted by molar-refractivity contribution is 5.95. The van der Waals surface area contributed by atoms with Crippen molar-refractivity contribution in [2.75, 3.05) is 6.61 Å². The first-order valence-electron chi connectivity index (χ1n) is 11.3. The monoisotopic (exact) mass is 445 g/mol. The maximum atomic E-state index is 13.2. The molecular weight excluding hydrogens is 417 g/mol. The van der Waals surface area contributed by atoms with Crippen LogP contribution in [0.4, 0.5) is 4.39 Å². The topological polar surface area (TPSA) is 48.4 Å². The van der Waals surface area contributed by atoms with Crippen LogP contribution in [-0.4, -0.2) is 17.6 Å². The SMILES string of the molecule is CCOC(=O)c1nc(C2=C(c3cc(C)ccc3OCc3ccc(F)cc3)CCC2)ccc1C. The predicted octanol–water partition coefficient (Wildman–Crippen LogP) is 6.69. The van der Waals surface area contributed by atoms with Crippen LogP contribution in [-0.2, 0) is 11.3 Å². The number of rotatable bonds is 7. The predicted molar refractivity (Wildman–Crippen MR) is 128 cm³/mol. The number of aryl methyl sites for hydroxylation is 2. The van der Waals surface area contributed by atoms with Gasteiger partial charge in [0.25, 0.3) is 0 Å². The minimum Gasteiger partial charge on any atom is -0.488 e. The van der Waals surface area contributed by atoms with Gasteiger partial charge in [0.15, 0.2) is 5.69 Å². The molecule has 3 aromatic rings. The number of ether oxygens (including phenoxy) is 2. The standard InChI is InChI=1S/C28H28FNO3/c1-4-32-28(31)27-19(3)9-14-25(30-27)23-7-5-6-22(23)24-16-18(2)8-15-26(24)33-17-20-10-12-21(29)13-11-20/h8-16H,4-7,17H2,1-3H3. The maximum absolute atomic E-state index is 13.2. The van der Waals surface area contributed by atoms with Crippen molar-refractivity contribution < 1.29 is 18.7 Å². The molecule has 0 spiro atoms. The molecule has 5 heteroatoms. The lowest BCUT2D eigenvalue weighted by Gasteiger charge is -2.16. The van der Waals surface area contributed by atoms with Gasteiger partial charge in [-0.15, -0.1) is 0 Å². The van der Waals surface area contributed by atoms with Crippen molar-refractivity contribution in [3.63, 3.8) is 0 Å². The van der Waals surface area contributed by atoms with E-state index in [1.165, 1.54) is 17.7 Å². The summed E-state index contributed by atoms with van der Waals surface area (Å²) in [6.45, 7) is 6.39. The van der Waals surface area contributed by atoms with Crippen LogP contribution in [0.2, 0.25) is 0 Å². The molecule has 1 aliphatic carbocycles. The number of halogens is 1. The second-order valence-corrected chi connectivity index (χ2v) is 8.31. The molecule has 1 aliphatic rings. The zero-order chi connectivity index (χ0) is 23.4. The summed E-state index contributed by atoms with van der Waals surface area (Å²) in [4.78, 5) is 17.1. The molecule has 1 heterocycles. The molecule has 0 bridgehead atoms. The number of hydrogen-bond donors (Lipinski definition) is 0. The van der Waals surface area contributed by atoms with Crippen molar-refractivity contribution in [3.8, 4) is 5.75 Å². The maximum Gasteiger partial charge on any atom is 0.357 e. The molecule has 0 aliphatic heterocycles. The van der Waals surface area contributed by atoms with Crippen molar-refractivity contribution >= 4 is 17.1 Å². The van der Waals surface area contributed by atoms with Crippen LogP contribution in [0.25, 0.3) is 11.1 Å². The van der Waals surface area contributed by atoms with Gasteiger partial charge in [0.1, 0.15) is 18.2 Å². The van der Waals surface area contributed by atoms with Crippen LogP contribution in [0.1, 0.15) is 64.6 Å². The van der Waals surface area contributed by atoms with Gasteiger partial charge in [-0.2, -0.15) is 0 Å². The number of benzene rings is 2. The molecule has 33 heavy (non-hydrogen) atoms. The third-order valence-corrected chi connectivity index (χ3v) is 5.86. The molecule has 4 rings (SSSR count). The summed E-state index contributed by atoms with van der Waals surface area (Å²) in [7, 11) is 0. The molecule has 0 atom stereocenters. The largest absolute Gasteiger partial charge is 0.488 e. The van der Waals surface area contributed by atoms with Crippen molar-refractivity contribution in [1.82, 2.24) is 4.98 Å². The Morgan fingerprint density at radius 3 is 2.52 bits per heavy atom. The lowest BCUT2D eigenvalue weighted by molar-refractivity contribution is 0.0518.